The summed E-state index contributed by atoms with van der Waals surface area (Å²) in [5.41, 5.74) is 0. The van der Waals surface area contributed by atoms with Crippen LogP contribution >= 0.6 is 11.3 Å². The molecule has 2 heterocycles. The fraction of sp³-hybridized carbons (Fsp3) is 0.500. The van der Waals surface area contributed by atoms with Gasteiger partial charge < -0.3 is 15.4 Å². The molecule has 1 aliphatic rings. The van der Waals surface area contributed by atoms with Gasteiger partial charge in [-0.1, -0.05) is 0 Å². The first kappa shape index (κ1) is 15.5. The maximum atomic E-state index is 11.8. The number of hydrogen-bond acceptors (Lipinski definition) is 5. The Hall–Kier alpha value is -1.89. The monoisotopic (exact) mass is 310 g/mol. The Balaban J connectivity index is 1.79. The van der Waals surface area contributed by atoms with Gasteiger partial charge in [0.1, 0.15) is 6.54 Å². The lowest BCUT2D eigenvalue weighted by Crippen LogP contribution is -2.39. The predicted octanol–water partition coefficient (Wildman–Crippen LogP) is 0.998. The van der Waals surface area contributed by atoms with Crippen LogP contribution in [0.15, 0.2) is 12.1 Å². The molecule has 7 heteroatoms. The molecule has 1 saturated heterocycles. The highest BCUT2D eigenvalue weighted by atomic mass is 32.1. The number of aryl methyl sites for hydroxylation is 1. The first-order valence-electron chi connectivity index (χ1n) is 6.88. The number of hydrogen-bond donors (Lipinski definition) is 2. The highest BCUT2D eigenvalue weighted by molar-refractivity contribution is 7.13. The van der Waals surface area contributed by atoms with Crippen LogP contribution in [0.2, 0.25) is 0 Å². The van der Waals surface area contributed by atoms with E-state index in [4.69, 9.17) is 4.74 Å². The summed E-state index contributed by atoms with van der Waals surface area (Å²) < 4.78 is 5.11. The van der Waals surface area contributed by atoms with Crippen LogP contribution in [-0.4, -0.2) is 37.0 Å². The van der Waals surface area contributed by atoms with Crippen molar-refractivity contribution < 1.29 is 19.1 Å². The number of amides is 2. The van der Waals surface area contributed by atoms with Gasteiger partial charge in [0.05, 0.1) is 4.88 Å². The zero-order chi connectivity index (χ0) is 15.2. The lowest BCUT2D eigenvalue weighted by Gasteiger charge is -2.14. The van der Waals surface area contributed by atoms with Crippen molar-refractivity contribution in [2.24, 2.45) is 0 Å². The lowest BCUT2D eigenvalue weighted by molar-refractivity contribution is -0.154. The summed E-state index contributed by atoms with van der Waals surface area (Å²) in [5, 5.41) is 5.19. The van der Waals surface area contributed by atoms with Crippen LogP contribution in [0, 0.1) is 6.92 Å². The summed E-state index contributed by atoms with van der Waals surface area (Å²) in [5.74, 6) is -1.17. The molecule has 2 rings (SSSR count). The summed E-state index contributed by atoms with van der Waals surface area (Å²) in [6, 6.07) is 3.55. The Morgan fingerprint density at radius 2 is 2.24 bits per heavy atom. The molecular weight excluding hydrogens is 292 g/mol. The summed E-state index contributed by atoms with van der Waals surface area (Å²) >= 11 is 1.36. The highest BCUT2D eigenvalue weighted by Crippen LogP contribution is 2.14. The smallest absolute Gasteiger partial charge is 0.326 e. The van der Waals surface area contributed by atoms with E-state index in [0.717, 1.165) is 17.7 Å². The van der Waals surface area contributed by atoms with Crippen LogP contribution in [0.5, 0.6) is 0 Å². The van der Waals surface area contributed by atoms with Crippen LogP contribution in [0.3, 0.4) is 0 Å². The standard InChI is InChI=1S/C14H18N2O4S/c1-9-5-6-11(21-9)14(19)16-8-12(17)20-10-4-2-3-7-15-13(10)18/h5-6,10H,2-4,7-8H2,1H3,(H,15,18)(H,16,19). The molecule has 1 unspecified atom stereocenters. The number of rotatable bonds is 4. The summed E-state index contributed by atoms with van der Waals surface area (Å²) in [6.45, 7) is 2.28. The average Bonchev–Trinajstić information content (AvgIpc) is 2.79. The lowest BCUT2D eigenvalue weighted by atomic mass is 10.2. The van der Waals surface area contributed by atoms with Gasteiger partial charge in [0.25, 0.3) is 11.8 Å². The molecule has 1 fully saturated rings. The fourth-order valence-corrected chi connectivity index (χ4v) is 2.80. The van der Waals surface area contributed by atoms with Crippen molar-refractivity contribution in [3.8, 4) is 0 Å². The molecule has 2 amide bonds. The van der Waals surface area contributed by atoms with Gasteiger partial charge in [0, 0.05) is 11.4 Å². The minimum Gasteiger partial charge on any atom is -0.451 e. The van der Waals surface area contributed by atoms with Crippen molar-refractivity contribution in [1.29, 1.82) is 0 Å². The number of thiophene rings is 1. The van der Waals surface area contributed by atoms with Gasteiger partial charge in [-0.15, -0.1) is 11.3 Å². The van der Waals surface area contributed by atoms with Crippen molar-refractivity contribution in [2.75, 3.05) is 13.1 Å². The second-order valence-electron chi connectivity index (χ2n) is 4.86. The van der Waals surface area contributed by atoms with Gasteiger partial charge in [-0.05, 0) is 38.3 Å². The average molecular weight is 310 g/mol. The number of carbonyl (C=O) groups is 3. The SMILES string of the molecule is Cc1ccc(C(=O)NCC(=O)OC2CCCCNC2=O)s1. The number of esters is 1. The predicted molar refractivity (Wildman–Crippen MR) is 78.1 cm³/mol. The second kappa shape index (κ2) is 7.21. The fourth-order valence-electron chi connectivity index (χ4n) is 2.02. The second-order valence-corrected chi connectivity index (χ2v) is 6.15. The molecule has 6 nitrogen and oxygen atoms in total. The molecule has 0 radical (unpaired) electrons. The Morgan fingerprint density at radius 3 is 2.95 bits per heavy atom. The van der Waals surface area contributed by atoms with Crippen molar-refractivity contribution in [2.45, 2.75) is 32.3 Å². The molecule has 1 aromatic rings. The van der Waals surface area contributed by atoms with Gasteiger partial charge in [-0.3, -0.25) is 14.4 Å². The van der Waals surface area contributed by atoms with E-state index in [0.29, 0.717) is 17.8 Å². The first-order valence-corrected chi connectivity index (χ1v) is 7.70. The van der Waals surface area contributed by atoms with Crippen LogP contribution < -0.4 is 10.6 Å². The molecule has 0 aliphatic carbocycles. The molecule has 1 aromatic heterocycles. The van der Waals surface area contributed by atoms with Crippen LogP contribution in [0.25, 0.3) is 0 Å². The van der Waals surface area contributed by atoms with E-state index in [1.807, 2.05) is 13.0 Å². The zero-order valence-electron chi connectivity index (χ0n) is 11.8. The third kappa shape index (κ3) is 4.56. The van der Waals surface area contributed by atoms with Gasteiger partial charge in [0.15, 0.2) is 6.10 Å². The van der Waals surface area contributed by atoms with E-state index < -0.39 is 12.1 Å². The molecule has 0 bridgehead atoms. The number of ether oxygens (including phenoxy) is 1. The van der Waals surface area contributed by atoms with Gasteiger partial charge >= 0.3 is 5.97 Å². The summed E-state index contributed by atoms with van der Waals surface area (Å²) in [6.07, 6.45) is 1.49. The minimum atomic E-state index is -0.749. The highest BCUT2D eigenvalue weighted by Gasteiger charge is 2.24. The third-order valence-electron chi connectivity index (χ3n) is 3.12. The molecular formula is C14H18N2O4S. The van der Waals surface area contributed by atoms with Crippen molar-refractivity contribution in [3.63, 3.8) is 0 Å². The zero-order valence-corrected chi connectivity index (χ0v) is 12.6. The molecule has 1 atom stereocenters. The van der Waals surface area contributed by atoms with Gasteiger partial charge in [-0.25, -0.2) is 0 Å². The summed E-state index contributed by atoms with van der Waals surface area (Å²) in [4.78, 5) is 36.7. The first-order chi connectivity index (χ1) is 10.1. The van der Waals surface area contributed by atoms with Crippen LogP contribution in [-0.2, 0) is 14.3 Å². The molecule has 0 aromatic carbocycles. The number of nitrogens with one attached hydrogen (secondary N) is 2. The van der Waals surface area contributed by atoms with Gasteiger partial charge in [-0.2, -0.15) is 0 Å². The maximum Gasteiger partial charge on any atom is 0.326 e. The van der Waals surface area contributed by atoms with E-state index >= 15 is 0 Å². The number of carbonyl (C=O) groups excluding carboxylic acids is 3. The molecule has 21 heavy (non-hydrogen) atoms. The van der Waals surface area contributed by atoms with E-state index in [9.17, 15) is 14.4 Å². The Bertz CT molecular complexity index is 541. The van der Waals surface area contributed by atoms with E-state index in [1.165, 1.54) is 11.3 Å². The topological polar surface area (TPSA) is 84.5 Å². The van der Waals surface area contributed by atoms with E-state index in [2.05, 4.69) is 10.6 Å². The minimum absolute atomic E-state index is 0.237. The van der Waals surface area contributed by atoms with Crippen LogP contribution in [0.1, 0.15) is 33.8 Å². The van der Waals surface area contributed by atoms with Gasteiger partial charge in [0.2, 0.25) is 0 Å². The molecule has 0 spiro atoms. The molecule has 0 saturated carbocycles. The van der Waals surface area contributed by atoms with E-state index in [1.54, 1.807) is 6.07 Å². The Morgan fingerprint density at radius 1 is 1.43 bits per heavy atom. The summed E-state index contributed by atoms with van der Waals surface area (Å²) in [7, 11) is 0. The van der Waals surface area contributed by atoms with Crippen LogP contribution in [0.4, 0.5) is 0 Å². The normalized spacial score (nSPS) is 18.5. The Kier molecular flexibility index (Phi) is 5.32. The largest absolute Gasteiger partial charge is 0.451 e. The maximum absolute atomic E-state index is 11.8. The van der Waals surface area contributed by atoms with E-state index in [-0.39, 0.29) is 18.4 Å². The molecule has 2 N–H and O–H groups in total. The Labute approximate surface area is 126 Å². The van der Waals surface area contributed by atoms with Crippen molar-refractivity contribution in [3.05, 3.63) is 21.9 Å². The quantitative estimate of drug-likeness (QED) is 0.813. The molecule has 114 valence electrons. The third-order valence-corrected chi connectivity index (χ3v) is 4.12. The molecule has 1 aliphatic heterocycles. The van der Waals surface area contributed by atoms with Crippen molar-refractivity contribution in [1.82, 2.24) is 10.6 Å². The van der Waals surface area contributed by atoms with Crippen molar-refractivity contribution >= 4 is 29.1 Å².